The van der Waals surface area contributed by atoms with Crippen molar-refractivity contribution in [2.75, 3.05) is 6.54 Å². The predicted molar refractivity (Wildman–Crippen MR) is 69.7 cm³/mol. The highest BCUT2D eigenvalue weighted by Gasteiger charge is 2.22. The van der Waals surface area contributed by atoms with E-state index in [1.54, 1.807) is 18.2 Å². The van der Waals surface area contributed by atoms with Crippen LogP contribution in [0.1, 0.15) is 24.8 Å². The summed E-state index contributed by atoms with van der Waals surface area (Å²) in [4.78, 5) is 4.39. The van der Waals surface area contributed by atoms with Gasteiger partial charge < -0.3 is 9.84 Å². The van der Waals surface area contributed by atoms with E-state index in [1.165, 1.54) is 0 Å². The number of benzene rings is 1. The van der Waals surface area contributed by atoms with Crippen LogP contribution in [0.4, 0.5) is 0 Å². The molecule has 0 spiro atoms. The van der Waals surface area contributed by atoms with Crippen LogP contribution in [0.5, 0.6) is 0 Å². The first kappa shape index (κ1) is 12.0. The van der Waals surface area contributed by atoms with E-state index in [9.17, 15) is 0 Å². The number of nitrogens with one attached hydrogen (secondary N) is 1. The van der Waals surface area contributed by atoms with Crippen molar-refractivity contribution in [2.45, 2.75) is 18.9 Å². The number of rotatable bonds is 2. The second kappa shape index (κ2) is 4.88. The largest absolute Gasteiger partial charge is 0.337 e. The summed E-state index contributed by atoms with van der Waals surface area (Å²) >= 11 is 11.9. The van der Waals surface area contributed by atoms with Gasteiger partial charge in [-0.2, -0.15) is 4.98 Å². The zero-order valence-corrected chi connectivity index (χ0v) is 11.0. The van der Waals surface area contributed by atoms with Gasteiger partial charge in [0.2, 0.25) is 11.7 Å². The number of nitrogens with zero attached hydrogens (tertiary/aromatic N) is 2. The molecule has 1 N–H and O–H groups in total. The van der Waals surface area contributed by atoms with Gasteiger partial charge in [0, 0.05) is 15.6 Å². The Morgan fingerprint density at radius 1 is 1.22 bits per heavy atom. The van der Waals surface area contributed by atoms with Crippen LogP contribution in [-0.4, -0.2) is 16.7 Å². The summed E-state index contributed by atoms with van der Waals surface area (Å²) in [5.41, 5.74) is 0.764. The Morgan fingerprint density at radius 3 is 2.67 bits per heavy atom. The minimum Gasteiger partial charge on any atom is -0.337 e. The van der Waals surface area contributed by atoms with Gasteiger partial charge in [-0.15, -0.1) is 0 Å². The molecule has 0 unspecified atom stereocenters. The van der Waals surface area contributed by atoms with Gasteiger partial charge >= 0.3 is 0 Å². The van der Waals surface area contributed by atoms with Crippen molar-refractivity contribution in [3.05, 3.63) is 34.1 Å². The Bertz CT molecular complexity index is 544. The topological polar surface area (TPSA) is 51.0 Å². The van der Waals surface area contributed by atoms with Gasteiger partial charge in [0.15, 0.2) is 0 Å². The van der Waals surface area contributed by atoms with Crippen molar-refractivity contribution in [3.63, 3.8) is 0 Å². The molecule has 94 valence electrons. The van der Waals surface area contributed by atoms with Crippen molar-refractivity contribution < 1.29 is 4.52 Å². The Kier molecular flexibility index (Phi) is 3.24. The summed E-state index contributed by atoms with van der Waals surface area (Å²) in [5.74, 6) is 1.14. The second-order valence-corrected chi connectivity index (χ2v) is 5.14. The van der Waals surface area contributed by atoms with Crippen LogP contribution in [0.25, 0.3) is 11.4 Å². The van der Waals surface area contributed by atoms with Crippen molar-refractivity contribution in [1.82, 2.24) is 15.5 Å². The van der Waals surface area contributed by atoms with Gasteiger partial charge in [-0.3, -0.25) is 0 Å². The van der Waals surface area contributed by atoms with Gasteiger partial charge in [0.1, 0.15) is 0 Å². The molecule has 4 nitrogen and oxygen atoms in total. The van der Waals surface area contributed by atoms with E-state index in [4.69, 9.17) is 27.7 Å². The zero-order chi connectivity index (χ0) is 12.5. The number of hydrogen-bond donors (Lipinski definition) is 1. The van der Waals surface area contributed by atoms with E-state index in [0.29, 0.717) is 21.8 Å². The first-order chi connectivity index (χ1) is 8.72. The number of aromatic nitrogens is 2. The third-order valence-corrected chi connectivity index (χ3v) is 3.36. The lowest BCUT2D eigenvalue weighted by atomic mass is 10.2. The first-order valence-corrected chi connectivity index (χ1v) is 6.51. The monoisotopic (exact) mass is 283 g/mol. The molecule has 0 bridgehead atoms. The molecule has 0 radical (unpaired) electrons. The highest BCUT2D eigenvalue weighted by molar-refractivity contribution is 6.35. The van der Waals surface area contributed by atoms with Crippen molar-refractivity contribution >= 4 is 23.2 Å². The average molecular weight is 284 g/mol. The Morgan fingerprint density at radius 2 is 2.00 bits per heavy atom. The average Bonchev–Trinajstić information content (AvgIpc) is 2.99. The van der Waals surface area contributed by atoms with E-state index >= 15 is 0 Å². The van der Waals surface area contributed by atoms with Gasteiger partial charge in [-0.1, -0.05) is 28.4 Å². The van der Waals surface area contributed by atoms with Crippen LogP contribution in [0, 0.1) is 0 Å². The van der Waals surface area contributed by atoms with Crippen LogP contribution < -0.4 is 5.32 Å². The molecule has 0 amide bonds. The molecular formula is C12H11Cl2N3O. The van der Waals surface area contributed by atoms with Crippen molar-refractivity contribution in [2.24, 2.45) is 0 Å². The van der Waals surface area contributed by atoms with Crippen molar-refractivity contribution in [3.8, 4) is 11.4 Å². The lowest BCUT2D eigenvalue weighted by molar-refractivity contribution is 0.345. The molecule has 1 aliphatic rings. The number of hydrogen-bond acceptors (Lipinski definition) is 4. The minimum absolute atomic E-state index is 0.168. The summed E-state index contributed by atoms with van der Waals surface area (Å²) in [5, 5.41) is 8.40. The van der Waals surface area contributed by atoms with Gasteiger partial charge in [-0.25, -0.2) is 0 Å². The SMILES string of the molecule is Clc1cc(Cl)cc(-c2noc([C@@H]3CCCN3)n2)c1. The molecule has 1 aromatic heterocycles. The quantitative estimate of drug-likeness (QED) is 0.917. The molecule has 2 aromatic rings. The molecule has 1 saturated heterocycles. The molecule has 1 aromatic carbocycles. The van der Waals surface area contributed by atoms with Crippen LogP contribution in [-0.2, 0) is 0 Å². The Balaban J connectivity index is 1.92. The Labute approximate surface area is 114 Å². The molecule has 1 fully saturated rings. The maximum Gasteiger partial charge on any atom is 0.244 e. The van der Waals surface area contributed by atoms with Crippen LogP contribution in [0.3, 0.4) is 0 Å². The fourth-order valence-corrected chi connectivity index (χ4v) is 2.60. The van der Waals surface area contributed by atoms with Crippen LogP contribution in [0.2, 0.25) is 10.0 Å². The maximum atomic E-state index is 5.95. The smallest absolute Gasteiger partial charge is 0.244 e. The fourth-order valence-electron chi connectivity index (χ4n) is 2.07. The van der Waals surface area contributed by atoms with Crippen LogP contribution in [0.15, 0.2) is 22.7 Å². The van der Waals surface area contributed by atoms with Gasteiger partial charge in [0.05, 0.1) is 6.04 Å². The third kappa shape index (κ3) is 2.36. The summed E-state index contributed by atoms with van der Waals surface area (Å²) in [7, 11) is 0. The van der Waals surface area contributed by atoms with Gasteiger partial charge in [0.25, 0.3) is 0 Å². The molecule has 0 saturated carbocycles. The molecular weight excluding hydrogens is 273 g/mol. The van der Waals surface area contributed by atoms with E-state index in [1.807, 2.05) is 0 Å². The minimum atomic E-state index is 0.168. The highest BCUT2D eigenvalue weighted by Crippen LogP contribution is 2.27. The van der Waals surface area contributed by atoms with Crippen molar-refractivity contribution in [1.29, 1.82) is 0 Å². The fraction of sp³-hybridized carbons (Fsp3) is 0.333. The van der Waals surface area contributed by atoms with E-state index in [0.717, 1.165) is 24.9 Å². The number of halogens is 2. The van der Waals surface area contributed by atoms with Crippen LogP contribution >= 0.6 is 23.2 Å². The summed E-state index contributed by atoms with van der Waals surface area (Å²) < 4.78 is 5.27. The summed E-state index contributed by atoms with van der Waals surface area (Å²) in [6.45, 7) is 0.991. The lowest BCUT2D eigenvalue weighted by Gasteiger charge is -2.01. The lowest BCUT2D eigenvalue weighted by Crippen LogP contribution is -2.12. The molecule has 6 heteroatoms. The second-order valence-electron chi connectivity index (χ2n) is 4.26. The third-order valence-electron chi connectivity index (χ3n) is 2.92. The predicted octanol–water partition coefficient (Wildman–Crippen LogP) is 3.47. The maximum absolute atomic E-state index is 5.95. The normalized spacial score (nSPS) is 19.3. The molecule has 1 atom stereocenters. The van der Waals surface area contributed by atoms with E-state index in [-0.39, 0.29) is 6.04 Å². The standard InChI is InChI=1S/C12H11Cl2N3O/c13-8-4-7(5-9(14)6-8)11-16-12(18-17-11)10-2-1-3-15-10/h4-6,10,15H,1-3H2/t10-/m0/s1. The zero-order valence-electron chi connectivity index (χ0n) is 9.49. The molecule has 0 aliphatic carbocycles. The molecule has 1 aliphatic heterocycles. The highest BCUT2D eigenvalue weighted by atomic mass is 35.5. The molecule has 2 heterocycles. The Hall–Kier alpha value is -1.10. The molecule has 18 heavy (non-hydrogen) atoms. The molecule has 3 rings (SSSR count). The van der Waals surface area contributed by atoms with E-state index < -0.39 is 0 Å². The van der Waals surface area contributed by atoms with E-state index in [2.05, 4.69) is 15.5 Å². The summed E-state index contributed by atoms with van der Waals surface area (Å²) in [6.07, 6.45) is 2.16. The summed E-state index contributed by atoms with van der Waals surface area (Å²) in [6, 6.07) is 5.38. The first-order valence-electron chi connectivity index (χ1n) is 5.76. The van der Waals surface area contributed by atoms with Gasteiger partial charge in [-0.05, 0) is 37.6 Å².